The first-order valence-corrected chi connectivity index (χ1v) is 10.2. The summed E-state index contributed by atoms with van der Waals surface area (Å²) in [4.78, 5) is 16.9. The first kappa shape index (κ1) is 19.7. The Labute approximate surface area is 177 Å². The molecule has 0 saturated carbocycles. The number of hydrogen-bond donors (Lipinski definition) is 1. The van der Waals surface area contributed by atoms with Gasteiger partial charge in [0, 0.05) is 17.1 Å². The van der Waals surface area contributed by atoms with Gasteiger partial charge in [-0.1, -0.05) is 30.3 Å². The zero-order chi connectivity index (χ0) is 21.1. The summed E-state index contributed by atoms with van der Waals surface area (Å²) in [5, 5.41) is 11.7. The molecule has 0 saturated heterocycles. The normalized spacial score (nSPS) is 10.8. The number of ether oxygens (including phenoxy) is 1. The molecular weight excluding hydrogens is 400 g/mol. The van der Waals surface area contributed by atoms with Crippen LogP contribution in [0.2, 0.25) is 0 Å². The standard InChI is InChI=1S/C21H20N6O2S/c1-4-14-7-5-6-8-17(14)27-13(2)18(24-26-27)19-22-21(30-25-19)23-20(28)15-9-11-16(29-3)12-10-15/h5-12H,4H2,1-3H3,(H,22,23,25,28). The third-order valence-corrected chi connectivity index (χ3v) is 5.34. The SMILES string of the molecule is CCc1ccccc1-n1nnc(-c2nsc(NC(=O)c3ccc(OC)cc3)n2)c1C. The Hall–Kier alpha value is -3.59. The van der Waals surface area contributed by atoms with E-state index in [2.05, 4.69) is 38.0 Å². The topological polar surface area (TPSA) is 94.8 Å². The zero-order valence-corrected chi connectivity index (χ0v) is 17.6. The van der Waals surface area contributed by atoms with E-state index in [9.17, 15) is 4.79 Å². The van der Waals surface area contributed by atoms with Gasteiger partial charge in [-0.25, -0.2) is 4.68 Å². The zero-order valence-electron chi connectivity index (χ0n) is 16.8. The average molecular weight is 420 g/mol. The lowest BCUT2D eigenvalue weighted by molar-refractivity contribution is 0.102. The molecule has 2 aromatic heterocycles. The molecule has 4 rings (SSSR count). The third kappa shape index (κ3) is 3.79. The van der Waals surface area contributed by atoms with Gasteiger partial charge < -0.3 is 4.74 Å². The minimum Gasteiger partial charge on any atom is -0.497 e. The van der Waals surface area contributed by atoms with Crippen LogP contribution in [-0.4, -0.2) is 37.4 Å². The Kier molecular flexibility index (Phi) is 5.53. The second-order valence-corrected chi connectivity index (χ2v) is 7.28. The molecule has 1 amide bonds. The summed E-state index contributed by atoms with van der Waals surface area (Å²) >= 11 is 1.10. The minimum absolute atomic E-state index is 0.266. The molecule has 1 N–H and O–H groups in total. The molecule has 0 fully saturated rings. The van der Waals surface area contributed by atoms with Gasteiger partial charge in [0.2, 0.25) is 5.13 Å². The van der Waals surface area contributed by atoms with Crippen molar-refractivity contribution in [3.05, 3.63) is 65.4 Å². The number of aromatic nitrogens is 5. The van der Waals surface area contributed by atoms with Crippen molar-refractivity contribution >= 4 is 22.6 Å². The lowest BCUT2D eigenvalue weighted by Gasteiger charge is -2.08. The molecular formula is C21H20N6O2S. The quantitative estimate of drug-likeness (QED) is 0.508. The van der Waals surface area contributed by atoms with Gasteiger partial charge in [0.05, 0.1) is 18.5 Å². The number of anilines is 1. The van der Waals surface area contributed by atoms with Crippen LogP contribution in [0.4, 0.5) is 5.13 Å². The van der Waals surface area contributed by atoms with Crippen molar-refractivity contribution in [3.8, 4) is 23.0 Å². The van der Waals surface area contributed by atoms with E-state index >= 15 is 0 Å². The molecule has 0 unspecified atom stereocenters. The molecule has 2 heterocycles. The highest BCUT2D eigenvalue weighted by Crippen LogP contribution is 2.25. The molecule has 0 aliphatic carbocycles. The molecule has 0 spiro atoms. The summed E-state index contributed by atoms with van der Waals surface area (Å²) in [6, 6.07) is 14.9. The molecule has 152 valence electrons. The van der Waals surface area contributed by atoms with Crippen LogP contribution in [0.3, 0.4) is 0 Å². The van der Waals surface area contributed by atoms with E-state index in [0.717, 1.165) is 29.3 Å². The first-order chi connectivity index (χ1) is 14.6. The summed E-state index contributed by atoms with van der Waals surface area (Å²) in [5.41, 5.74) is 4.09. The van der Waals surface area contributed by atoms with Crippen molar-refractivity contribution in [1.29, 1.82) is 0 Å². The van der Waals surface area contributed by atoms with Crippen LogP contribution < -0.4 is 10.1 Å². The fourth-order valence-electron chi connectivity index (χ4n) is 3.06. The van der Waals surface area contributed by atoms with E-state index in [1.807, 2.05) is 25.1 Å². The van der Waals surface area contributed by atoms with Crippen molar-refractivity contribution in [2.24, 2.45) is 0 Å². The van der Waals surface area contributed by atoms with E-state index < -0.39 is 0 Å². The van der Waals surface area contributed by atoms with Crippen molar-refractivity contribution in [2.45, 2.75) is 20.3 Å². The second kappa shape index (κ2) is 8.42. The summed E-state index contributed by atoms with van der Waals surface area (Å²) < 4.78 is 11.3. The number of rotatable bonds is 6. The minimum atomic E-state index is -0.266. The Balaban J connectivity index is 1.55. The van der Waals surface area contributed by atoms with Crippen LogP contribution in [0.15, 0.2) is 48.5 Å². The average Bonchev–Trinajstić information content (AvgIpc) is 3.39. The molecule has 0 aliphatic heterocycles. The number of nitrogens with zero attached hydrogens (tertiary/aromatic N) is 5. The van der Waals surface area contributed by atoms with Crippen molar-refractivity contribution in [2.75, 3.05) is 12.4 Å². The van der Waals surface area contributed by atoms with Crippen molar-refractivity contribution < 1.29 is 9.53 Å². The maximum absolute atomic E-state index is 12.4. The summed E-state index contributed by atoms with van der Waals surface area (Å²) in [7, 11) is 1.58. The Bertz CT molecular complexity index is 1180. The maximum atomic E-state index is 12.4. The summed E-state index contributed by atoms with van der Waals surface area (Å²) in [6.07, 6.45) is 0.890. The number of hydrogen-bond acceptors (Lipinski definition) is 7. The smallest absolute Gasteiger partial charge is 0.257 e. The van der Waals surface area contributed by atoms with Gasteiger partial charge in [-0.2, -0.15) is 9.36 Å². The van der Waals surface area contributed by atoms with E-state index in [1.165, 1.54) is 5.56 Å². The molecule has 9 heteroatoms. The Morgan fingerprint density at radius 2 is 1.93 bits per heavy atom. The van der Waals surface area contributed by atoms with Crippen molar-refractivity contribution in [3.63, 3.8) is 0 Å². The van der Waals surface area contributed by atoms with Gasteiger partial charge in [0.25, 0.3) is 5.91 Å². The molecule has 30 heavy (non-hydrogen) atoms. The number of aryl methyl sites for hydroxylation is 1. The van der Waals surface area contributed by atoms with Crippen LogP contribution in [0, 0.1) is 6.92 Å². The number of carbonyl (C=O) groups excluding carboxylic acids is 1. The van der Waals surface area contributed by atoms with Crippen LogP contribution in [0.1, 0.15) is 28.5 Å². The number of benzene rings is 2. The van der Waals surface area contributed by atoms with E-state index in [0.29, 0.717) is 28.0 Å². The van der Waals surface area contributed by atoms with Crippen molar-refractivity contribution in [1.82, 2.24) is 24.4 Å². The molecule has 2 aromatic carbocycles. The second-order valence-electron chi connectivity index (χ2n) is 6.52. The highest BCUT2D eigenvalue weighted by atomic mass is 32.1. The Morgan fingerprint density at radius 3 is 2.67 bits per heavy atom. The van der Waals surface area contributed by atoms with Gasteiger partial charge in [-0.15, -0.1) is 5.10 Å². The number of para-hydroxylation sites is 1. The lowest BCUT2D eigenvalue weighted by Crippen LogP contribution is -2.11. The van der Waals surface area contributed by atoms with Crippen LogP contribution in [-0.2, 0) is 6.42 Å². The summed E-state index contributed by atoms with van der Waals surface area (Å²) in [6.45, 7) is 4.03. The predicted octanol–water partition coefficient (Wildman–Crippen LogP) is 3.92. The largest absolute Gasteiger partial charge is 0.497 e. The maximum Gasteiger partial charge on any atom is 0.257 e. The fourth-order valence-corrected chi connectivity index (χ4v) is 3.63. The van der Waals surface area contributed by atoms with Crippen LogP contribution in [0.25, 0.3) is 17.2 Å². The van der Waals surface area contributed by atoms with Gasteiger partial charge in [-0.3, -0.25) is 10.1 Å². The van der Waals surface area contributed by atoms with Gasteiger partial charge in [0.15, 0.2) is 11.5 Å². The first-order valence-electron chi connectivity index (χ1n) is 9.40. The van der Waals surface area contributed by atoms with E-state index in [4.69, 9.17) is 4.74 Å². The van der Waals surface area contributed by atoms with Gasteiger partial charge in [0.1, 0.15) is 5.75 Å². The molecule has 4 aromatic rings. The molecule has 0 bridgehead atoms. The molecule has 0 aliphatic rings. The van der Waals surface area contributed by atoms with Crippen LogP contribution >= 0.6 is 11.5 Å². The van der Waals surface area contributed by atoms with Crippen LogP contribution in [0.5, 0.6) is 5.75 Å². The number of carbonyl (C=O) groups is 1. The monoisotopic (exact) mass is 420 g/mol. The molecule has 8 nitrogen and oxygen atoms in total. The number of amides is 1. The highest BCUT2D eigenvalue weighted by Gasteiger charge is 2.18. The molecule has 0 atom stereocenters. The Morgan fingerprint density at radius 1 is 1.17 bits per heavy atom. The van der Waals surface area contributed by atoms with Gasteiger partial charge >= 0.3 is 0 Å². The predicted molar refractivity (Wildman–Crippen MR) is 115 cm³/mol. The highest BCUT2D eigenvalue weighted by molar-refractivity contribution is 7.10. The van der Waals surface area contributed by atoms with E-state index in [-0.39, 0.29) is 5.91 Å². The van der Waals surface area contributed by atoms with E-state index in [1.54, 1.807) is 36.1 Å². The molecule has 0 radical (unpaired) electrons. The number of methoxy groups -OCH3 is 1. The summed E-state index contributed by atoms with van der Waals surface area (Å²) in [5.74, 6) is 0.855. The lowest BCUT2D eigenvalue weighted by atomic mass is 10.1. The third-order valence-electron chi connectivity index (χ3n) is 4.71. The fraction of sp³-hybridized carbons (Fsp3) is 0.190. The number of nitrogens with one attached hydrogen (secondary N) is 1. The van der Waals surface area contributed by atoms with Gasteiger partial charge in [-0.05, 0) is 49.2 Å².